The highest BCUT2D eigenvalue weighted by Gasteiger charge is 2.35. The average Bonchev–Trinajstić information content (AvgIpc) is 2.98. The molecule has 140 valence electrons. The number of phenols is 1. The number of methoxy groups -OCH3 is 1. The molecule has 1 aliphatic rings. The molecule has 26 heavy (non-hydrogen) atoms. The molecule has 0 saturated carbocycles. The third-order valence-corrected chi connectivity index (χ3v) is 4.11. The number of aromatic nitrogens is 2. The SMILES string of the molecule is COCC[C@H]1OCc2c(-c3c(O)cc(C(F)(F)F)cc3F)nnc(N)c21. The van der Waals surface area contributed by atoms with Gasteiger partial charge < -0.3 is 20.3 Å². The molecule has 10 heteroatoms. The molecule has 3 N–H and O–H groups in total. The van der Waals surface area contributed by atoms with E-state index in [1.807, 2.05) is 0 Å². The molecule has 0 radical (unpaired) electrons. The fraction of sp³-hybridized carbons (Fsp3) is 0.375. The summed E-state index contributed by atoms with van der Waals surface area (Å²) in [5.74, 6) is -2.08. The van der Waals surface area contributed by atoms with Crippen molar-refractivity contribution in [2.45, 2.75) is 25.3 Å². The average molecular weight is 373 g/mol. The highest BCUT2D eigenvalue weighted by Crippen LogP contribution is 2.44. The molecule has 0 amide bonds. The number of hydrogen-bond donors (Lipinski definition) is 2. The van der Waals surface area contributed by atoms with E-state index in [1.54, 1.807) is 0 Å². The van der Waals surface area contributed by atoms with E-state index in [2.05, 4.69) is 10.2 Å². The zero-order valence-electron chi connectivity index (χ0n) is 13.6. The summed E-state index contributed by atoms with van der Waals surface area (Å²) in [6.07, 6.45) is -4.79. The fourth-order valence-corrected chi connectivity index (χ4v) is 2.92. The minimum Gasteiger partial charge on any atom is -0.507 e. The number of anilines is 1. The van der Waals surface area contributed by atoms with Crippen LogP contribution in [0.3, 0.4) is 0 Å². The van der Waals surface area contributed by atoms with Gasteiger partial charge in [-0.15, -0.1) is 10.2 Å². The maximum Gasteiger partial charge on any atom is 0.416 e. The van der Waals surface area contributed by atoms with E-state index in [0.717, 1.165) is 0 Å². The van der Waals surface area contributed by atoms with Crippen LogP contribution in [-0.4, -0.2) is 29.0 Å². The summed E-state index contributed by atoms with van der Waals surface area (Å²) < 4.78 is 63.3. The first kappa shape index (κ1) is 18.3. The van der Waals surface area contributed by atoms with Crippen LogP contribution in [0, 0.1) is 5.82 Å². The Morgan fingerprint density at radius 2 is 2.08 bits per heavy atom. The molecule has 1 aliphatic heterocycles. The number of nitrogen functional groups attached to an aromatic ring is 1. The van der Waals surface area contributed by atoms with Gasteiger partial charge in [-0.1, -0.05) is 0 Å². The zero-order chi connectivity index (χ0) is 19.1. The second-order valence-corrected chi connectivity index (χ2v) is 5.76. The molecule has 0 fully saturated rings. The van der Waals surface area contributed by atoms with Crippen LogP contribution in [0.2, 0.25) is 0 Å². The molecule has 6 nitrogen and oxygen atoms in total. The van der Waals surface area contributed by atoms with Crippen LogP contribution in [-0.2, 0) is 22.3 Å². The first-order chi connectivity index (χ1) is 12.2. The smallest absolute Gasteiger partial charge is 0.416 e. The third-order valence-electron chi connectivity index (χ3n) is 4.11. The number of alkyl halides is 3. The van der Waals surface area contributed by atoms with Gasteiger partial charge in [-0.25, -0.2) is 4.39 Å². The Bertz CT molecular complexity index is 819. The van der Waals surface area contributed by atoms with Crippen molar-refractivity contribution < 1.29 is 32.1 Å². The molecule has 1 atom stereocenters. The van der Waals surface area contributed by atoms with Crippen molar-refractivity contribution in [1.82, 2.24) is 10.2 Å². The lowest BCUT2D eigenvalue weighted by atomic mass is 9.98. The van der Waals surface area contributed by atoms with E-state index in [0.29, 0.717) is 36.3 Å². The summed E-state index contributed by atoms with van der Waals surface area (Å²) in [4.78, 5) is 0. The van der Waals surface area contributed by atoms with E-state index >= 15 is 0 Å². The lowest BCUT2D eigenvalue weighted by Crippen LogP contribution is -2.09. The van der Waals surface area contributed by atoms with Crippen molar-refractivity contribution in [2.24, 2.45) is 0 Å². The standard InChI is InChI=1S/C16H15F4N3O3/c1-25-3-2-11-12-8(6-26-11)14(22-23-15(12)21)13-9(17)4-7(5-10(13)24)16(18,19)20/h4-5,11,24H,2-3,6H2,1H3,(H2,21,23)/t11-/m1/s1. The molecule has 0 aliphatic carbocycles. The van der Waals surface area contributed by atoms with E-state index in [1.165, 1.54) is 7.11 Å². The molecule has 0 saturated heterocycles. The summed E-state index contributed by atoms with van der Waals surface area (Å²) in [6.45, 7) is 0.389. The molecule has 3 rings (SSSR count). The van der Waals surface area contributed by atoms with Gasteiger partial charge in [-0.05, 0) is 12.1 Å². The molecular formula is C16H15F4N3O3. The Labute approximate surface area is 145 Å². The number of halogens is 4. The van der Waals surface area contributed by atoms with E-state index in [9.17, 15) is 22.7 Å². The van der Waals surface area contributed by atoms with Crippen LogP contribution in [0.1, 0.15) is 29.2 Å². The van der Waals surface area contributed by atoms with Gasteiger partial charge in [-0.3, -0.25) is 0 Å². The van der Waals surface area contributed by atoms with Crippen LogP contribution in [0.25, 0.3) is 11.3 Å². The van der Waals surface area contributed by atoms with Gasteiger partial charge in [0, 0.05) is 31.3 Å². The quantitative estimate of drug-likeness (QED) is 0.800. The lowest BCUT2D eigenvalue weighted by molar-refractivity contribution is -0.137. The number of phenolic OH excluding ortho intramolecular Hbond substituents is 1. The van der Waals surface area contributed by atoms with Crippen LogP contribution in [0.4, 0.5) is 23.4 Å². The van der Waals surface area contributed by atoms with Gasteiger partial charge in [0.05, 0.1) is 23.8 Å². The van der Waals surface area contributed by atoms with Gasteiger partial charge in [-0.2, -0.15) is 13.2 Å². The maximum absolute atomic E-state index is 14.4. The monoisotopic (exact) mass is 373 g/mol. The molecule has 0 spiro atoms. The number of rotatable bonds is 4. The van der Waals surface area contributed by atoms with Gasteiger partial charge in [0.1, 0.15) is 17.3 Å². The lowest BCUT2D eigenvalue weighted by Gasteiger charge is -2.14. The molecule has 0 bridgehead atoms. The zero-order valence-corrected chi connectivity index (χ0v) is 13.6. The van der Waals surface area contributed by atoms with Crippen molar-refractivity contribution in [2.75, 3.05) is 19.5 Å². The van der Waals surface area contributed by atoms with Crippen molar-refractivity contribution in [1.29, 1.82) is 0 Å². The highest BCUT2D eigenvalue weighted by molar-refractivity contribution is 5.73. The number of ether oxygens (including phenoxy) is 2. The predicted molar refractivity (Wildman–Crippen MR) is 82.5 cm³/mol. The second kappa shape index (κ2) is 6.69. The van der Waals surface area contributed by atoms with Crippen LogP contribution >= 0.6 is 0 Å². The number of fused-ring (bicyclic) bond motifs is 1. The second-order valence-electron chi connectivity index (χ2n) is 5.76. The predicted octanol–water partition coefficient (Wildman–Crippen LogP) is 3.20. The minimum atomic E-state index is -4.79. The molecule has 1 aromatic heterocycles. The van der Waals surface area contributed by atoms with E-state index < -0.39 is 35.0 Å². The number of nitrogens with two attached hydrogens (primary N) is 1. The van der Waals surface area contributed by atoms with Crippen LogP contribution < -0.4 is 5.73 Å². The topological polar surface area (TPSA) is 90.5 Å². The van der Waals surface area contributed by atoms with Crippen molar-refractivity contribution in [3.8, 4) is 17.0 Å². The van der Waals surface area contributed by atoms with E-state index in [4.69, 9.17) is 15.2 Å². The Hall–Kier alpha value is -2.46. The molecule has 2 heterocycles. The summed E-state index contributed by atoms with van der Waals surface area (Å²) >= 11 is 0. The highest BCUT2D eigenvalue weighted by atomic mass is 19.4. The summed E-state index contributed by atoms with van der Waals surface area (Å²) in [5, 5.41) is 17.5. The maximum atomic E-state index is 14.4. The first-order valence-corrected chi connectivity index (χ1v) is 7.59. The van der Waals surface area contributed by atoms with Crippen molar-refractivity contribution in [3.63, 3.8) is 0 Å². The van der Waals surface area contributed by atoms with Gasteiger partial charge in [0.2, 0.25) is 0 Å². The van der Waals surface area contributed by atoms with Crippen LogP contribution in [0.5, 0.6) is 5.75 Å². The Balaban J connectivity index is 2.11. The Morgan fingerprint density at radius 1 is 1.35 bits per heavy atom. The van der Waals surface area contributed by atoms with Gasteiger partial charge >= 0.3 is 6.18 Å². The van der Waals surface area contributed by atoms with E-state index in [-0.39, 0.29) is 18.1 Å². The molecule has 2 aromatic rings. The first-order valence-electron chi connectivity index (χ1n) is 7.59. The number of aromatic hydroxyl groups is 1. The largest absolute Gasteiger partial charge is 0.507 e. The fourth-order valence-electron chi connectivity index (χ4n) is 2.92. The summed E-state index contributed by atoms with van der Waals surface area (Å²) in [5.41, 5.74) is 4.82. The normalized spacial score (nSPS) is 16.7. The third kappa shape index (κ3) is 3.17. The number of benzene rings is 1. The van der Waals surface area contributed by atoms with Crippen molar-refractivity contribution in [3.05, 3.63) is 34.6 Å². The van der Waals surface area contributed by atoms with Gasteiger partial charge in [0.25, 0.3) is 0 Å². The Morgan fingerprint density at radius 3 is 2.69 bits per heavy atom. The van der Waals surface area contributed by atoms with Crippen LogP contribution in [0.15, 0.2) is 12.1 Å². The van der Waals surface area contributed by atoms with Gasteiger partial charge in [0.15, 0.2) is 5.82 Å². The number of hydrogen-bond acceptors (Lipinski definition) is 6. The molecular weight excluding hydrogens is 358 g/mol. The molecule has 0 unspecified atom stereocenters. The molecule has 1 aromatic carbocycles. The summed E-state index contributed by atoms with van der Waals surface area (Å²) in [6, 6.07) is 0.749. The van der Waals surface area contributed by atoms with Crippen molar-refractivity contribution >= 4 is 5.82 Å². The Kier molecular flexibility index (Phi) is 4.72. The minimum absolute atomic E-state index is 0.0126. The summed E-state index contributed by atoms with van der Waals surface area (Å²) in [7, 11) is 1.52. The number of nitrogens with zero attached hydrogens (tertiary/aromatic N) is 2.